The van der Waals surface area contributed by atoms with Gasteiger partial charge in [-0.15, -0.1) is 11.3 Å². The van der Waals surface area contributed by atoms with E-state index < -0.39 is 0 Å². The molecule has 3 aromatic rings. The van der Waals surface area contributed by atoms with E-state index in [2.05, 4.69) is 43.0 Å². The summed E-state index contributed by atoms with van der Waals surface area (Å²) in [5, 5.41) is 13.8. The van der Waals surface area contributed by atoms with Crippen LogP contribution in [0.15, 0.2) is 30.0 Å². The number of anilines is 1. The van der Waals surface area contributed by atoms with Crippen LogP contribution >= 0.6 is 11.3 Å². The van der Waals surface area contributed by atoms with E-state index in [-0.39, 0.29) is 5.54 Å². The number of nitrogens with one attached hydrogen (secondary N) is 2. The lowest BCUT2D eigenvalue weighted by Crippen LogP contribution is -2.37. The first-order valence-corrected chi connectivity index (χ1v) is 8.17. The van der Waals surface area contributed by atoms with Crippen LogP contribution < -0.4 is 5.32 Å². The minimum absolute atomic E-state index is 0.114. The van der Waals surface area contributed by atoms with Crippen LogP contribution in [-0.2, 0) is 6.42 Å². The number of H-pyrrole nitrogens is 1. The van der Waals surface area contributed by atoms with Gasteiger partial charge in [-0.1, -0.05) is 18.9 Å². The van der Waals surface area contributed by atoms with Crippen molar-refractivity contribution < 1.29 is 0 Å². The number of fused-ring (bicyclic) bond motifs is 1. The van der Waals surface area contributed by atoms with Gasteiger partial charge in [-0.05, 0) is 24.3 Å². The minimum atomic E-state index is 0.114. The molecule has 0 atom stereocenters. The Hall–Kier alpha value is -1.95. The van der Waals surface area contributed by atoms with E-state index in [1.54, 1.807) is 12.5 Å². The summed E-state index contributed by atoms with van der Waals surface area (Å²) in [5.74, 6) is 0.896. The van der Waals surface area contributed by atoms with Crippen molar-refractivity contribution in [3.05, 3.63) is 34.9 Å². The summed E-state index contributed by atoms with van der Waals surface area (Å²) >= 11 is 1.83. The monoisotopic (exact) mass is 299 g/mol. The number of aromatic amines is 1. The normalized spacial score (nSPS) is 17.3. The molecule has 1 fully saturated rings. The van der Waals surface area contributed by atoms with Crippen molar-refractivity contribution in [1.29, 1.82) is 0 Å². The topological polar surface area (TPSA) is 66.5 Å². The fourth-order valence-corrected chi connectivity index (χ4v) is 4.11. The van der Waals surface area contributed by atoms with Crippen LogP contribution in [0.4, 0.5) is 5.82 Å². The average Bonchev–Trinajstić information content (AvgIpc) is 3.20. The second-order valence-corrected chi connectivity index (χ2v) is 6.76. The van der Waals surface area contributed by atoms with Crippen molar-refractivity contribution in [3.8, 4) is 0 Å². The summed E-state index contributed by atoms with van der Waals surface area (Å²) in [6, 6.07) is 4.35. The van der Waals surface area contributed by atoms with Gasteiger partial charge in [0.2, 0.25) is 0 Å². The molecular formula is C15H17N5S. The van der Waals surface area contributed by atoms with Gasteiger partial charge in [0.1, 0.15) is 12.1 Å². The third kappa shape index (κ3) is 2.40. The van der Waals surface area contributed by atoms with Gasteiger partial charge in [-0.25, -0.2) is 9.97 Å². The van der Waals surface area contributed by atoms with Crippen molar-refractivity contribution >= 4 is 28.2 Å². The Labute approximate surface area is 126 Å². The SMILES string of the molecule is c1csc(CC2(Nc3ncnc4[nH]ncc34)CCCC2)c1. The third-order valence-corrected chi connectivity index (χ3v) is 5.16. The van der Waals surface area contributed by atoms with E-state index in [1.807, 2.05) is 11.3 Å². The number of hydrogen-bond donors (Lipinski definition) is 2. The Bertz CT molecular complexity index is 727. The Morgan fingerprint density at radius 1 is 1.29 bits per heavy atom. The van der Waals surface area contributed by atoms with Crippen LogP contribution in [0.1, 0.15) is 30.6 Å². The molecule has 0 saturated heterocycles. The van der Waals surface area contributed by atoms with Crippen LogP contribution in [0.3, 0.4) is 0 Å². The number of hydrogen-bond acceptors (Lipinski definition) is 5. The smallest absolute Gasteiger partial charge is 0.160 e. The van der Waals surface area contributed by atoms with Crippen molar-refractivity contribution in [1.82, 2.24) is 20.2 Å². The lowest BCUT2D eigenvalue weighted by atomic mass is 9.92. The molecule has 21 heavy (non-hydrogen) atoms. The first-order chi connectivity index (χ1) is 10.3. The van der Waals surface area contributed by atoms with Crippen LogP contribution in [0.5, 0.6) is 0 Å². The molecule has 0 amide bonds. The molecule has 1 aliphatic rings. The Balaban J connectivity index is 1.67. The Morgan fingerprint density at radius 3 is 3.00 bits per heavy atom. The number of nitrogens with zero attached hydrogens (tertiary/aromatic N) is 3. The van der Waals surface area contributed by atoms with Gasteiger partial charge >= 0.3 is 0 Å². The molecule has 3 heterocycles. The molecule has 1 saturated carbocycles. The van der Waals surface area contributed by atoms with Crippen LogP contribution in [-0.4, -0.2) is 25.7 Å². The zero-order valence-electron chi connectivity index (χ0n) is 11.7. The van der Waals surface area contributed by atoms with E-state index in [0.717, 1.165) is 23.3 Å². The van der Waals surface area contributed by atoms with Crippen LogP contribution in [0.25, 0.3) is 11.0 Å². The highest BCUT2D eigenvalue weighted by Gasteiger charge is 2.35. The quantitative estimate of drug-likeness (QED) is 0.775. The van der Waals surface area contributed by atoms with Crippen molar-refractivity contribution in [2.75, 3.05) is 5.32 Å². The van der Waals surface area contributed by atoms with Gasteiger partial charge in [0, 0.05) is 16.8 Å². The highest BCUT2D eigenvalue weighted by atomic mass is 32.1. The van der Waals surface area contributed by atoms with Gasteiger partial charge in [-0.3, -0.25) is 5.10 Å². The van der Waals surface area contributed by atoms with E-state index in [1.165, 1.54) is 30.6 Å². The van der Waals surface area contributed by atoms with Crippen molar-refractivity contribution in [2.45, 2.75) is 37.6 Å². The van der Waals surface area contributed by atoms with Crippen LogP contribution in [0, 0.1) is 0 Å². The maximum absolute atomic E-state index is 4.44. The van der Waals surface area contributed by atoms with Gasteiger partial charge < -0.3 is 5.32 Å². The first kappa shape index (κ1) is 12.8. The Morgan fingerprint density at radius 2 is 2.19 bits per heavy atom. The minimum Gasteiger partial charge on any atom is -0.364 e. The number of thiophene rings is 1. The molecular weight excluding hydrogens is 282 g/mol. The molecule has 0 spiro atoms. The third-order valence-electron chi connectivity index (χ3n) is 4.28. The van der Waals surface area contributed by atoms with Crippen molar-refractivity contribution in [3.63, 3.8) is 0 Å². The van der Waals surface area contributed by atoms with E-state index in [9.17, 15) is 0 Å². The zero-order valence-corrected chi connectivity index (χ0v) is 12.5. The maximum Gasteiger partial charge on any atom is 0.160 e. The lowest BCUT2D eigenvalue weighted by molar-refractivity contribution is 0.480. The number of aromatic nitrogens is 4. The van der Waals surface area contributed by atoms with E-state index in [4.69, 9.17) is 0 Å². The molecule has 0 unspecified atom stereocenters. The zero-order chi connectivity index (χ0) is 14.1. The molecule has 6 heteroatoms. The average molecular weight is 299 g/mol. The standard InChI is InChI=1S/C15H17N5S/c1-2-6-15(5-1,8-11-4-3-7-21-11)19-13-12-9-18-20-14(12)17-10-16-13/h3-4,7,9-10H,1-2,5-6,8H2,(H2,16,17,18,19,20). The van der Waals surface area contributed by atoms with E-state index in [0.29, 0.717) is 0 Å². The fourth-order valence-electron chi connectivity index (χ4n) is 3.26. The molecule has 5 nitrogen and oxygen atoms in total. The predicted octanol–water partition coefficient (Wildman–Crippen LogP) is 3.38. The highest BCUT2D eigenvalue weighted by Crippen LogP contribution is 2.37. The summed E-state index contributed by atoms with van der Waals surface area (Å²) in [7, 11) is 0. The molecule has 108 valence electrons. The summed E-state index contributed by atoms with van der Waals surface area (Å²) in [5.41, 5.74) is 0.903. The molecule has 0 aromatic carbocycles. The van der Waals surface area contributed by atoms with Crippen molar-refractivity contribution in [2.24, 2.45) is 0 Å². The summed E-state index contributed by atoms with van der Waals surface area (Å²) in [4.78, 5) is 10.1. The summed E-state index contributed by atoms with van der Waals surface area (Å²) in [6.07, 6.45) is 9.38. The molecule has 0 bridgehead atoms. The molecule has 3 aromatic heterocycles. The summed E-state index contributed by atoms with van der Waals surface area (Å²) in [6.45, 7) is 0. The molecule has 0 radical (unpaired) electrons. The molecule has 0 aliphatic heterocycles. The first-order valence-electron chi connectivity index (χ1n) is 7.29. The second-order valence-electron chi connectivity index (χ2n) is 5.72. The summed E-state index contributed by atoms with van der Waals surface area (Å²) < 4.78 is 0. The Kier molecular flexibility index (Phi) is 3.11. The predicted molar refractivity (Wildman–Crippen MR) is 84.5 cm³/mol. The van der Waals surface area contributed by atoms with Gasteiger partial charge in [0.05, 0.1) is 11.6 Å². The lowest BCUT2D eigenvalue weighted by Gasteiger charge is -2.30. The van der Waals surface area contributed by atoms with E-state index >= 15 is 0 Å². The van der Waals surface area contributed by atoms with Gasteiger partial charge in [0.15, 0.2) is 5.65 Å². The maximum atomic E-state index is 4.44. The largest absolute Gasteiger partial charge is 0.364 e. The number of rotatable bonds is 4. The van der Waals surface area contributed by atoms with Gasteiger partial charge in [-0.2, -0.15) is 5.10 Å². The van der Waals surface area contributed by atoms with Gasteiger partial charge in [0.25, 0.3) is 0 Å². The molecule has 4 rings (SSSR count). The fraction of sp³-hybridized carbons (Fsp3) is 0.400. The highest BCUT2D eigenvalue weighted by molar-refractivity contribution is 7.09. The molecule has 1 aliphatic carbocycles. The molecule has 2 N–H and O–H groups in total. The second kappa shape index (κ2) is 5.11. The van der Waals surface area contributed by atoms with Crippen LogP contribution in [0.2, 0.25) is 0 Å².